The van der Waals surface area contributed by atoms with E-state index in [1.54, 1.807) is 0 Å². The molecule has 0 aliphatic carbocycles. The zero-order chi connectivity index (χ0) is 30.3. The third-order valence-corrected chi connectivity index (χ3v) is 6.14. The van der Waals surface area contributed by atoms with Crippen LogP contribution in [0, 0.1) is 0 Å². The van der Waals surface area contributed by atoms with E-state index in [0.29, 0.717) is 0 Å². The van der Waals surface area contributed by atoms with Crippen molar-refractivity contribution in [2.45, 2.75) is 12.8 Å². The van der Waals surface area contributed by atoms with Gasteiger partial charge in [-0.2, -0.15) is 0 Å². The molecule has 0 bridgehead atoms. The quantitative estimate of drug-likeness (QED) is 0.162. The summed E-state index contributed by atoms with van der Waals surface area (Å²) in [4.78, 5) is 0. The van der Waals surface area contributed by atoms with Crippen molar-refractivity contribution < 1.29 is 72.6 Å². The molecule has 0 N–H and O–H groups in total. The molecule has 0 saturated carbocycles. The maximum Gasteiger partial charge on any atom is 2.00 e. The molecular formula is C40H38KN3NiO. The summed E-state index contributed by atoms with van der Waals surface area (Å²) >= 11 is 0. The van der Waals surface area contributed by atoms with Gasteiger partial charge in [-0.3, -0.25) is 0 Å². The molecule has 0 amide bonds. The zero-order valence-electron chi connectivity index (χ0n) is 26.2. The molecule has 1 heterocycles. The maximum atomic E-state index is 4.94. The van der Waals surface area contributed by atoms with Crippen LogP contribution in [0.3, 0.4) is 0 Å². The van der Waals surface area contributed by atoms with Gasteiger partial charge in [-0.1, -0.05) is 182 Å². The minimum atomic E-state index is 0. The van der Waals surface area contributed by atoms with Gasteiger partial charge in [0.2, 0.25) is 0 Å². The van der Waals surface area contributed by atoms with Gasteiger partial charge < -0.3 is 20.7 Å². The second-order valence-electron chi connectivity index (χ2n) is 9.67. The number of benzene rings is 6. The molecule has 0 atom stereocenters. The van der Waals surface area contributed by atoms with Crippen LogP contribution in [0.15, 0.2) is 182 Å². The van der Waals surface area contributed by atoms with Crippen LogP contribution < -0.4 is 51.4 Å². The number of hydrogen-bond acceptors (Lipinski definition) is 1. The number of hydrogen-bond donors (Lipinski definition) is 0. The van der Waals surface area contributed by atoms with Crippen molar-refractivity contribution in [2.24, 2.45) is 0 Å². The summed E-state index contributed by atoms with van der Waals surface area (Å²) in [5, 5.41) is 13.3. The van der Waals surface area contributed by atoms with Crippen LogP contribution in [-0.2, 0) is 21.2 Å². The van der Waals surface area contributed by atoms with Crippen LogP contribution in [0.25, 0.3) is 16.0 Å². The molecule has 4 nitrogen and oxygen atoms in total. The molecule has 1 aliphatic rings. The normalized spacial score (nSPS) is 10.7. The van der Waals surface area contributed by atoms with Gasteiger partial charge in [-0.15, -0.1) is 34.1 Å². The van der Waals surface area contributed by atoms with Crippen molar-refractivity contribution in [3.63, 3.8) is 0 Å². The molecule has 6 aromatic rings. The molecule has 7 rings (SSSR count). The van der Waals surface area contributed by atoms with Gasteiger partial charge in [-0.25, -0.2) is 0 Å². The summed E-state index contributed by atoms with van der Waals surface area (Å²) in [5.41, 5.74) is 5.97. The SMILES string of the molecule is C1CCOC1.[K+].[Ni+2].c1ccc([N-]c2ccccc2)cc1.c1ccc([N-]c2ccccc2)cc1.c1ccc([N-]c2ccccc2)cc1. The summed E-state index contributed by atoms with van der Waals surface area (Å²) in [6, 6.07) is 59.7. The smallest absolute Gasteiger partial charge is 0.658 e. The molecule has 46 heavy (non-hydrogen) atoms. The van der Waals surface area contributed by atoms with Crippen molar-refractivity contribution in [1.82, 2.24) is 0 Å². The van der Waals surface area contributed by atoms with E-state index in [4.69, 9.17) is 4.74 Å². The van der Waals surface area contributed by atoms with Crippen LogP contribution in [0.1, 0.15) is 12.8 Å². The van der Waals surface area contributed by atoms with E-state index in [1.165, 1.54) is 12.8 Å². The Kier molecular flexibility index (Phi) is 21.2. The first-order valence-corrected chi connectivity index (χ1v) is 14.9. The van der Waals surface area contributed by atoms with Crippen LogP contribution in [-0.4, -0.2) is 13.2 Å². The molecule has 0 unspecified atom stereocenters. The Hall–Kier alpha value is -3.19. The number of rotatable bonds is 6. The zero-order valence-corrected chi connectivity index (χ0v) is 30.3. The molecular weight excluding hydrogens is 636 g/mol. The van der Waals surface area contributed by atoms with Gasteiger partial charge in [0, 0.05) is 13.2 Å². The number of ether oxygens (including phenoxy) is 1. The topological polar surface area (TPSA) is 51.5 Å². The number of para-hydroxylation sites is 6. The fraction of sp³-hybridized carbons (Fsp3) is 0.100. The van der Waals surface area contributed by atoms with Gasteiger partial charge >= 0.3 is 67.9 Å². The van der Waals surface area contributed by atoms with Crippen molar-refractivity contribution in [3.05, 3.63) is 198 Å². The van der Waals surface area contributed by atoms with Crippen LogP contribution in [0.2, 0.25) is 0 Å². The van der Waals surface area contributed by atoms with Crippen LogP contribution in [0.5, 0.6) is 0 Å². The Morgan fingerprint density at radius 1 is 0.304 bits per heavy atom. The second kappa shape index (κ2) is 25.0. The Labute approximate surface area is 327 Å². The third-order valence-electron chi connectivity index (χ3n) is 6.14. The van der Waals surface area contributed by atoms with E-state index in [9.17, 15) is 0 Å². The van der Waals surface area contributed by atoms with Gasteiger partial charge in [0.15, 0.2) is 0 Å². The third kappa shape index (κ3) is 16.9. The molecule has 1 fully saturated rings. The first kappa shape index (κ1) is 39.0. The largest absolute Gasteiger partial charge is 2.00 e. The van der Waals surface area contributed by atoms with Crippen molar-refractivity contribution in [1.29, 1.82) is 0 Å². The van der Waals surface area contributed by atoms with E-state index < -0.39 is 0 Å². The summed E-state index contributed by atoms with van der Waals surface area (Å²) in [5.74, 6) is 0. The summed E-state index contributed by atoms with van der Waals surface area (Å²) in [6.45, 7) is 2.00. The van der Waals surface area contributed by atoms with Gasteiger partial charge in [0.25, 0.3) is 0 Å². The molecule has 6 aromatic carbocycles. The van der Waals surface area contributed by atoms with Crippen molar-refractivity contribution >= 4 is 34.1 Å². The molecule has 0 radical (unpaired) electrons. The Morgan fingerprint density at radius 2 is 0.478 bits per heavy atom. The van der Waals surface area contributed by atoms with Gasteiger partial charge in [0.05, 0.1) is 0 Å². The van der Waals surface area contributed by atoms with E-state index >= 15 is 0 Å². The van der Waals surface area contributed by atoms with E-state index in [-0.39, 0.29) is 67.9 Å². The standard InChI is InChI=1S/3C12H10N.C4H8O.K.Ni/c3*1-3-7-11(8-4-1)13-12-9-5-2-6-10-12;1-2-4-5-3-1;;/h3*1-10H;1-4H2;;/q3*-1;;+1;+2. The molecule has 6 heteroatoms. The maximum absolute atomic E-state index is 4.94. The fourth-order valence-electron chi connectivity index (χ4n) is 3.97. The Balaban J connectivity index is 0.000000218. The molecule has 230 valence electrons. The average Bonchev–Trinajstić information content (AvgIpc) is 3.69. The Morgan fingerprint density at radius 3 is 0.609 bits per heavy atom. The number of nitrogens with zero attached hydrogens (tertiary/aromatic N) is 3. The van der Waals surface area contributed by atoms with Gasteiger partial charge in [0.1, 0.15) is 0 Å². The summed E-state index contributed by atoms with van der Waals surface area (Å²) in [7, 11) is 0. The van der Waals surface area contributed by atoms with Crippen molar-refractivity contribution in [3.8, 4) is 0 Å². The predicted octanol–water partition coefficient (Wildman–Crippen LogP) is 9.87. The predicted molar refractivity (Wildman–Crippen MR) is 187 cm³/mol. The first-order valence-electron chi connectivity index (χ1n) is 14.9. The fourth-order valence-corrected chi connectivity index (χ4v) is 3.97. The minimum Gasteiger partial charge on any atom is -0.658 e. The monoisotopic (exact) mass is 673 g/mol. The van der Waals surface area contributed by atoms with E-state index in [2.05, 4.69) is 16.0 Å². The first-order chi connectivity index (χ1) is 21.8. The van der Waals surface area contributed by atoms with Gasteiger partial charge in [-0.05, 0) is 12.8 Å². The Bertz CT molecular complexity index is 1220. The van der Waals surface area contributed by atoms with E-state index in [1.807, 2.05) is 182 Å². The van der Waals surface area contributed by atoms with E-state index in [0.717, 1.165) is 47.3 Å². The molecule has 0 aromatic heterocycles. The summed E-state index contributed by atoms with van der Waals surface area (Å²) in [6.07, 6.45) is 2.56. The average molecular weight is 675 g/mol. The second-order valence-corrected chi connectivity index (χ2v) is 9.67. The van der Waals surface area contributed by atoms with Crippen molar-refractivity contribution in [2.75, 3.05) is 13.2 Å². The molecule has 1 saturated heterocycles. The van der Waals surface area contributed by atoms with Crippen LogP contribution in [0.4, 0.5) is 34.1 Å². The summed E-state index contributed by atoms with van der Waals surface area (Å²) < 4.78 is 4.94. The van der Waals surface area contributed by atoms with Crippen LogP contribution >= 0.6 is 0 Å². The minimum absolute atomic E-state index is 0. The molecule has 0 spiro atoms. The molecule has 1 aliphatic heterocycles.